The second-order valence-corrected chi connectivity index (χ2v) is 3.75. The molecule has 72 valence electrons. The van der Waals surface area contributed by atoms with Crippen LogP contribution >= 0.6 is 24.8 Å². The Kier molecular flexibility index (Phi) is 2.43. The van der Waals surface area contributed by atoms with Gasteiger partial charge in [0.05, 0.1) is 12.2 Å². The summed E-state index contributed by atoms with van der Waals surface area (Å²) in [6.45, 7) is 0.265. The van der Waals surface area contributed by atoms with Crippen LogP contribution in [0.15, 0.2) is 29.2 Å². The van der Waals surface area contributed by atoms with Crippen LogP contribution in [0.5, 0.6) is 0 Å². The molecule has 1 aliphatic rings. The van der Waals surface area contributed by atoms with E-state index in [1.807, 2.05) is 24.3 Å². The third-order valence-corrected chi connectivity index (χ3v) is 2.67. The van der Waals surface area contributed by atoms with Crippen LogP contribution in [-0.4, -0.2) is 17.6 Å². The van der Waals surface area contributed by atoms with Gasteiger partial charge in [-0.15, -0.1) is 12.6 Å². The zero-order chi connectivity index (χ0) is 10.1. The number of thiocarbonyl (C=S) groups is 1. The lowest BCUT2D eigenvalue weighted by Gasteiger charge is -2.16. The Bertz CT molecular complexity index is 390. The molecule has 1 fully saturated rings. The van der Waals surface area contributed by atoms with Gasteiger partial charge in [-0.25, -0.2) is 0 Å². The predicted molar refractivity (Wildman–Crippen MR) is 61.8 cm³/mol. The van der Waals surface area contributed by atoms with Crippen molar-refractivity contribution in [3.63, 3.8) is 0 Å². The highest BCUT2D eigenvalue weighted by Gasteiger charge is 2.27. The molecule has 0 radical (unpaired) electrons. The first kappa shape index (κ1) is 9.48. The number of hydrogen-bond donors (Lipinski definition) is 2. The molecule has 0 spiro atoms. The lowest BCUT2D eigenvalue weighted by Crippen LogP contribution is -2.30. The highest BCUT2D eigenvalue weighted by molar-refractivity contribution is 7.81. The highest BCUT2D eigenvalue weighted by Crippen LogP contribution is 2.25. The van der Waals surface area contributed by atoms with Crippen molar-refractivity contribution in [1.29, 1.82) is 0 Å². The molecule has 14 heavy (non-hydrogen) atoms. The molecule has 2 rings (SSSR count). The number of nitrogens with one attached hydrogen (secondary N) is 1. The number of para-hydroxylation sites is 1. The topological polar surface area (TPSA) is 32.3 Å². The average molecular weight is 224 g/mol. The summed E-state index contributed by atoms with van der Waals surface area (Å²) in [7, 11) is 0. The minimum absolute atomic E-state index is 0.0449. The zero-order valence-corrected chi connectivity index (χ0v) is 8.94. The average Bonchev–Trinajstić information content (AvgIpc) is 2.48. The van der Waals surface area contributed by atoms with Crippen molar-refractivity contribution in [2.24, 2.45) is 0 Å². The summed E-state index contributed by atoms with van der Waals surface area (Å²) in [6, 6.07) is 7.36. The molecular formula is C9H8N2OS2. The maximum atomic E-state index is 11.5. The fourth-order valence-corrected chi connectivity index (χ4v) is 1.85. The number of rotatable bonds is 1. The van der Waals surface area contributed by atoms with Gasteiger partial charge in [-0.1, -0.05) is 12.1 Å². The third kappa shape index (κ3) is 1.49. The van der Waals surface area contributed by atoms with Crippen molar-refractivity contribution in [2.75, 3.05) is 11.4 Å². The summed E-state index contributed by atoms with van der Waals surface area (Å²) in [5.74, 6) is -0.0449. The van der Waals surface area contributed by atoms with Gasteiger partial charge in [0.15, 0.2) is 5.11 Å². The first-order valence-corrected chi connectivity index (χ1v) is 4.94. The van der Waals surface area contributed by atoms with Crippen LogP contribution in [0.4, 0.5) is 5.69 Å². The van der Waals surface area contributed by atoms with Crippen LogP contribution in [0.1, 0.15) is 0 Å². The molecule has 0 unspecified atom stereocenters. The van der Waals surface area contributed by atoms with Crippen LogP contribution in [0.2, 0.25) is 0 Å². The van der Waals surface area contributed by atoms with Crippen molar-refractivity contribution in [3.05, 3.63) is 24.3 Å². The minimum Gasteiger partial charge on any atom is -0.353 e. The quantitative estimate of drug-likeness (QED) is 0.555. The molecule has 0 aromatic heterocycles. The van der Waals surface area contributed by atoms with Gasteiger partial charge in [0, 0.05) is 4.90 Å². The molecule has 0 saturated carbocycles. The van der Waals surface area contributed by atoms with Gasteiger partial charge in [0.2, 0.25) is 0 Å². The van der Waals surface area contributed by atoms with E-state index in [-0.39, 0.29) is 12.5 Å². The minimum atomic E-state index is -0.0449. The lowest BCUT2D eigenvalue weighted by molar-refractivity contribution is -0.115. The van der Waals surface area contributed by atoms with Gasteiger partial charge < -0.3 is 5.32 Å². The Hall–Kier alpha value is -1.07. The number of nitrogens with zero attached hydrogens (tertiary/aromatic N) is 1. The van der Waals surface area contributed by atoms with E-state index in [1.54, 1.807) is 0 Å². The molecule has 1 aliphatic heterocycles. The number of benzene rings is 1. The van der Waals surface area contributed by atoms with Crippen molar-refractivity contribution >= 4 is 41.6 Å². The second kappa shape index (κ2) is 3.59. The summed E-state index contributed by atoms with van der Waals surface area (Å²) in [5, 5.41) is 3.26. The first-order chi connectivity index (χ1) is 6.70. The molecule has 1 aromatic carbocycles. The maximum absolute atomic E-state index is 11.5. The van der Waals surface area contributed by atoms with E-state index in [0.717, 1.165) is 10.6 Å². The van der Waals surface area contributed by atoms with Crippen molar-refractivity contribution in [2.45, 2.75) is 4.90 Å². The van der Waals surface area contributed by atoms with Crippen molar-refractivity contribution in [3.8, 4) is 0 Å². The van der Waals surface area contributed by atoms with E-state index in [1.165, 1.54) is 4.90 Å². The molecule has 0 atom stereocenters. The molecule has 5 heteroatoms. The molecule has 1 heterocycles. The largest absolute Gasteiger partial charge is 0.353 e. The second-order valence-electron chi connectivity index (χ2n) is 2.88. The van der Waals surface area contributed by atoms with Crippen LogP contribution in [-0.2, 0) is 4.79 Å². The number of amides is 1. The summed E-state index contributed by atoms with van der Waals surface area (Å²) in [6.07, 6.45) is 0. The fourth-order valence-electron chi connectivity index (χ4n) is 1.32. The first-order valence-electron chi connectivity index (χ1n) is 4.09. The number of hydrogen-bond acceptors (Lipinski definition) is 3. The number of anilines is 1. The molecule has 1 amide bonds. The van der Waals surface area contributed by atoms with Crippen LogP contribution in [0, 0.1) is 0 Å². The molecule has 0 aliphatic carbocycles. The Morgan fingerprint density at radius 2 is 2.14 bits per heavy atom. The molecule has 1 saturated heterocycles. The van der Waals surface area contributed by atoms with E-state index >= 15 is 0 Å². The predicted octanol–water partition coefficient (Wildman–Crippen LogP) is 1.20. The van der Waals surface area contributed by atoms with Crippen molar-refractivity contribution < 1.29 is 4.79 Å². The van der Waals surface area contributed by atoms with Gasteiger partial charge in [0.1, 0.15) is 0 Å². The molecule has 1 N–H and O–H groups in total. The number of carbonyl (C=O) groups is 1. The number of thiol groups is 1. The molecular weight excluding hydrogens is 216 g/mol. The Balaban J connectivity index is 2.44. The standard InChI is InChI=1S/C9H8N2OS2/c12-8-5-10-9(14)11(8)6-3-1-2-4-7(6)13/h1-4,13H,5H2,(H,10,14). The molecule has 3 nitrogen and oxygen atoms in total. The van der Waals surface area contributed by atoms with Crippen LogP contribution in [0.25, 0.3) is 0 Å². The zero-order valence-electron chi connectivity index (χ0n) is 7.23. The van der Waals surface area contributed by atoms with Gasteiger partial charge in [0.25, 0.3) is 5.91 Å². The van der Waals surface area contributed by atoms with E-state index in [9.17, 15) is 4.79 Å². The summed E-state index contributed by atoms with van der Waals surface area (Å²) >= 11 is 9.29. The van der Waals surface area contributed by atoms with Crippen LogP contribution in [0.3, 0.4) is 0 Å². The van der Waals surface area contributed by atoms with E-state index in [2.05, 4.69) is 17.9 Å². The molecule has 0 bridgehead atoms. The summed E-state index contributed by atoms with van der Waals surface area (Å²) in [4.78, 5) is 13.7. The van der Waals surface area contributed by atoms with Gasteiger partial charge in [-0.05, 0) is 24.4 Å². The van der Waals surface area contributed by atoms with Gasteiger partial charge >= 0.3 is 0 Å². The third-order valence-electron chi connectivity index (χ3n) is 1.97. The van der Waals surface area contributed by atoms with Gasteiger partial charge in [-0.3, -0.25) is 9.69 Å². The Labute approximate surface area is 92.5 Å². The normalized spacial score (nSPS) is 15.9. The summed E-state index contributed by atoms with van der Waals surface area (Å²) in [5.41, 5.74) is 0.732. The number of carbonyl (C=O) groups excluding carboxylic acids is 1. The molecule has 1 aromatic rings. The van der Waals surface area contributed by atoms with E-state index in [4.69, 9.17) is 12.2 Å². The van der Waals surface area contributed by atoms with E-state index in [0.29, 0.717) is 5.11 Å². The monoisotopic (exact) mass is 224 g/mol. The Morgan fingerprint density at radius 3 is 2.71 bits per heavy atom. The fraction of sp³-hybridized carbons (Fsp3) is 0.111. The van der Waals surface area contributed by atoms with Gasteiger partial charge in [-0.2, -0.15) is 0 Å². The SMILES string of the molecule is O=C1CNC(=S)N1c1ccccc1S. The summed E-state index contributed by atoms with van der Waals surface area (Å²) < 4.78 is 0. The van der Waals surface area contributed by atoms with Crippen LogP contribution < -0.4 is 10.2 Å². The lowest BCUT2D eigenvalue weighted by atomic mass is 10.3. The highest BCUT2D eigenvalue weighted by atomic mass is 32.1. The maximum Gasteiger partial charge on any atom is 0.252 e. The smallest absolute Gasteiger partial charge is 0.252 e. The van der Waals surface area contributed by atoms with Crippen molar-refractivity contribution in [1.82, 2.24) is 5.32 Å². The Morgan fingerprint density at radius 1 is 1.43 bits per heavy atom. The van der Waals surface area contributed by atoms with E-state index < -0.39 is 0 Å².